The van der Waals surface area contributed by atoms with E-state index in [1.54, 1.807) is 18.2 Å². The van der Waals surface area contributed by atoms with Crippen molar-refractivity contribution in [2.24, 2.45) is 0 Å². The van der Waals surface area contributed by atoms with Crippen molar-refractivity contribution in [3.05, 3.63) is 63.7 Å². The molecular formula is C18H17ClO4. The molecule has 0 saturated heterocycles. The van der Waals surface area contributed by atoms with Crippen LogP contribution >= 0.6 is 11.6 Å². The zero-order chi connectivity index (χ0) is 17.0. The number of ether oxygens (including phenoxy) is 2. The molecule has 0 aliphatic rings. The van der Waals surface area contributed by atoms with Crippen molar-refractivity contribution >= 4 is 23.4 Å². The van der Waals surface area contributed by atoms with Crippen LogP contribution in [0, 0.1) is 13.8 Å². The molecule has 0 heterocycles. The van der Waals surface area contributed by atoms with Crippen molar-refractivity contribution in [1.29, 1.82) is 0 Å². The maximum Gasteiger partial charge on any atom is 0.338 e. The Morgan fingerprint density at radius 2 is 1.83 bits per heavy atom. The highest BCUT2D eigenvalue weighted by Gasteiger charge is 2.15. The van der Waals surface area contributed by atoms with Gasteiger partial charge in [0.1, 0.15) is 5.75 Å². The van der Waals surface area contributed by atoms with E-state index in [2.05, 4.69) is 0 Å². The Labute approximate surface area is 140 Å². The first-order valence-electron chi connectivity index (χ1n) is 7.03. The van der Waals surface area contributed by atoms with Crippen LogP contribution in [-0.4, -0.2) is 25.5 Å². The first-order chi connectivity index (χ1) is 10.9. The second kappa shape index (κ2) is 7.29. The van der Waals surface area contributed by atoms with Gasteiger partial charge in [-0.3, -0.25) is 4.79 Å². The highest BCUT2D eigenvalue weighted by atomic mass is 35.5. The Balaban J connectivity index is 2.04. The third kappa shape index (κ3) is 4.11. The number of halogens is 1. The van der Waals surface area contributed by atoms with E-state index < -0.39 is 5.97 Å². The van der Waals surface area contributed by atoms with Gasteiger partial charge in [-0.2, -0.15) is 0 Å². The SMILES string of the molecule is COc1ccc(C(=O)COC(=O)c2ccc(C)cc2C)cc1Cl. The average Bonchev–Trinajstić information content (AvgIpc) is 2.52. The number of carbonyl (C=O) groups excluding carboxylic acids is 2. The van der Waals surface area contributed by atoms with Crippen LogP contribution < -0.4 is 4.74 Å². The summed E-state index contributed by atoms with van der Waals surface area (Å²) in [6.45, 7) is 3.43. The van der Waals surface area contributed by atoms with Gasteiger partial charge in [-0.1, -0.05) is 29.3 Å². The van der Waals surface area contributed by atoms with Crippen LogP contribution in [0.4, 0.5) is 0 Å². The number of esters is 1. The second-order valence-corrected chi connectivity index (χ2v) is 5.57. The summed E-state index contributed by atoms with van der Waals surface area (Å²) in [7, 11) is 1.49. The second-order valence-electron chi connectivity index (χ2n) is 5.17. The van der Waals surface area contributed by atoms with E-state index in [0.29, 0.717) is 21.9 Å². The highest BCUT2D eigenvalue weighted by Crippen LogP contribution is 2.25. The Bertz CT molecular complexity index is 753. The largest absolute Gasteiger partial charge is 0.495 e. The van der Waals surface area contributed by atoms with E-state index >= 15 is 0 Å². The monoisotopic (exact) mass is 332 g/mol. The van der Waals surface area contributed by atoms with Crippen LogP contribution in [0.25, 0.3) is 0 Å². The third-order valence-electron chi connectivity index (χ3n) is 3.41. The van der Waals surface area contributed by atoms with Gasteiger partial charge in [0.05, 0.1) is 17.7 Å². The Hall–Kier alpha value is -2.33. The van der Waals surface area contributed by atoms with Gasteiger partial charge in [0.2, 0.25) is 0 Å². The number of Topliss-reactive ketones (excluding diaryl/α,β-unsaturated/α-hetero) is 1. The molecule has 0 aliphatic heterocycles. The molecule has 2 aromatic rings. The van der Waals surface area contributed by atoms with Crippen molar-refractivity contribution in [3.8, 4) is 5.75 Å². The number of benzene rings is 2. The van der Waals surface area contributed by atoms with Gasteiger partial charge in [-0.05, 0) is 43.7 Å². The number of hydrogen-bond donors (Lipinski definition) is 0. The first kappa shape index (κ1) is 17.0. The fourth-order valence-electron chi connectivity index (χ4n) is 2.17. The van der Waals surface area contributed by atoms with E-state index in [0.717, 1.165) is 11.1 Å². The number of methoxy groups -OCH3 is 1. The molecule has 2 aromatic carbocycles. The van der Waals surface area contributed by atoms with E-state index in [-0.39, 0.29) is 12.4 Å². The third-order valence-corrected chi connectivity index (χ3v) is 3.71. The molecule has 0 saturated carbocycles. The van der Waals surface area contributed by atoms with E-state index in [9.17, 15) is 9.59 Å². The molecule has 0 N–H and O–H groups in total. The van der Waals surface area contributed by atoms with Crippen LogP contribution in [0.15, 0.2) is 36.4 Å². The summed E-state index contributed by atoms with van der Waals surface area (Å²) in [6.07, 6.45) is 0. The van der Waals surface area contributed by atoms with Gasteiger partial charge in [0, 0.05) is 5.56 Å². The molecule has 0 spiro atoms. The summed E-state index contributed by atoms with van der Waals surface area (Å²) < 4.78 is 10.1. The summed E-state index contributed by atoms with van der Waals surface area (Å²) in [5.74, 6) is -0.362. The zero-order valence-electron chi connectivity index (χ0n) is 13.2. The maximum absolute atomic E-state index is 12.1. The quantitative estimate of drug-likeness (QED) is 0.613. The smallest absolute Gasteiger partial charge is 0.338 e. The molecular weight excluding hydrogens is 316 g/mol. The molecule has 0 aliphatic carbocycles. The number of ketones is 1. The summed E-state index contributed by atoms with van der Waals surface area (Å²) in [4.78, 5) is 24.2. The molecule has 0 aromatic heterocycles. The zero-order valence-corrected chi connectivity index (χ0v) is 13.9. The van der Waals surface area contributed by atoms with Gasteiger partial charge < -0.3 is 9.47 Å². The molecule has 0 unspecified atom stereocenters. The van der Waals surface area contributed by atoms with Crippen molar-refractivity contribution in [1.82, 2.24) is 0 Å². The van der Waals surface area contributed by atoms with Crippen LogP contribution in [0.3, 0.4) is 0 Å². The first-order valence-corrected chi connectivity index (χ1v) is 7.41. The molecule has 120 valence electrons. The number of rotatable bonds is 5. The molecule has 0 radical (unpaired) electrons. The van der Waals surface area contributed by atoms with Gasteiger partial charge in [0.15, 0.2) is 12.4 Å². The molecule has 23 heavy (non-hydrogen) atoms. The van der Waals surface area contributed by atoms with Crippen molar-refractivity contribution in [2.45, 2.75) is 13.8 Å². The molecule has 0 bridgehead atoms. The fourth-order valence-corrected chi connectivity index (χ4v) is 2.43. The molecule has 0 fully saturated rings. The van der Waals surface area contributed by atoms with Crippen molar-refractivity contribution in [3.63, 3.8) is 0 Å². The number of aryl methyl sites for hydroxylation is 2. The minimum Gasteiger partial charge on any atom is -0.495 e. The van der Waals surface area contributed by atoms with Gasteiger partial charge >= 0.3 is 5.97 Å². The minimum absolute atomic E-state index is 0.326. The molecule has 4 nitrogen and oxygen atoms in total. The predicted molar refractivity (Wildman–Crippen MR) is 88.5 cm³/mol. The lowest BCUT2D eigenvalue weighted by Gasteiger charge is -2.08. The number of carbonyl (C=O) groups is 2. The summed E-state index contributed by atoms with van der Waals surface area (Å²) in [6, 6.07) is 10.1. The predicted octanol–water partition coefficient (Wildman–Crippen LogP) is 4.01. The molecule has 5 heteroatoms. The van der Waals surface area contributed by atoms with E-state index in [1.165, 1.54) is 13.2 Å². The Kier molecular flexibility index (Phi) is 5.40. The highest BCUT2D eigenvalue weighted by molar-refractivity contribution is 6.32. The van der Waals surface area contributed by atoms with E-state index in [1.807, 2.05) is 26.0 Å². The van der Waals surface area contributed by atoms with Crippen LogP contribution in [-0.2, 0) is 4.74 Å². The lowest BCUT2D eigenvalue weighted by Crippen LogP contribution is -2.15. The lowest BCUT2D eigenvalue weighted by molar-refractivity contribution is 0.0474. The maximum atomic E-state index is 12.1. The van der Waals surface area contributed by atoms with Crippen molar-refractivity contribution in [2.75, 3.05) is 13.7 Å². The van der Waals surface area contributed by atoms with Crippen molar-refractivity contribution < 1.29 is 19.1 Å². The van der Waals surface area contributed by atoms with Crippen LogP contribution in [0.5, 0.6) is 5.75 Å². The van der Waals surface area contributed by atoms with Gasteiger partial charge in [-0.25, -0.2) is 4.79 Å². The summed E-state index contributed by atoms with van der Waals surface area (Å²) in [5, 5.41) is 0.332. The Morgan fingerprint density at radius 3 is 2.43 bits per heavy atom. The summed E-state index contributed by atoms with van der Waals surface area (Å²) >= 11 is 5.98. The molecule has 0 amide bonds. The fraction of sp³-hybridized carbons (Fsp3) is 0.222. The van der Waals surface area contributed by atoms with Gasteiger partial charge in [0.25, 0.3) is 0 Å². The number of hydrogen-bond acceptors (Lipinski definition) is 4. The average molecular weight is 333 g/mol. The minimum atomic E-state index is -0.518. The lowest BCUT2D eigenvalue weighted by atomic mass is 10.1. The molecule has 0 atom stereocenters. The van der Waals surface area contributed by atoms with Gasteiger partial charge in [-0.15, -0.1) is 0 Å². The normalized spacial score (nSPS) is 10.3. The van der Waals surface area contributed by atoms with E-state index in [4.69, 9.17) is 21.1 Å². The summed E-state index contributed by atoms with van der Waals surface area (Å²) in [5.41, 5.74) is 2.69. The topological polar surface area (TPSA) is 52.6 Å². The molecule has 2 rings (SSSR count). The van der Waals surface area contributed by atoms with Crippen LogP contribution in [0.1, 0.15) is 31.8 Å². The standard InChI is InChI=1S/C18H17ClO4/c1-11-4-6-14(12(2)8-11)18(21)23-10-16(20)13-5-7-17(22-3)15(19)9-13/h4-9H,10H2,1-3H3. The Morgan fingerprint density at radius 1 is 1.09 bits per heavy atom. The van der Waals surface area contributed by atoms with Crippen LogP contribution in [0.2, 0.25) is 5.02 Å².